The van der Waals surface area contributed by atoms with E-state index in [9.17, 15) is 8.42 Å². The molecule has 0 aromatic heterocycles. The van der Waals surface area contributed by atoms with Gasteiger partial charge in [0.1, 0.15) is 5.75 Å². The summed E-state index contributed by atoms with van der Waals surface area (Å²) in [6.07, 6.45) is 0. The van der Waals surface area contributed by atoms with Crippen LogP contribution in [0, 0.1) is 3.57 Å². The first-order valence-corrected chi connectivity index (χ1v) is 10.9. The lowest BCUT2D eigenvalue weighted by molar-refractivity contribution is 0.311. The highest BCUT2D eigenvalue weighted by molar-refractivity contribution is 14.1. The van der Waals surface area contributed by atoms with Crippen LogP contribution in [0.2, 0.25) is 0 Å². The van der Waals surface area contributed by atoms with Gasteiger partial charge in [-0.3, -0.25) is 4.72 Å². The van der Waals surface area contributed by atoms with Gasteiger partial charge in [-0.05, 0) is 60.0 Å². The number of piperazine rings is 1. The molecule has 2 aromatic rings. The summed E-state index contributed by atoms with van der Waals surface area (Å²) in [5.74, 6) is 0.683. The molecule has 0 unspecified atom stereocenters. The van der Waals surface area contributed by atoms with E-state index >= 15 is 0 Å². The van der Waals surface area contributed by atoms with Crippen LogP contribution in [0.3, 0.4) is 0 Å². The third-order valence-corrected chi connectivity index (χ3v) is 6.73. The molecule has 0 aliphatic carbocycles. The highest BCUT2D eigenvalue weighted by Crippen LogP contribution is 2.32. The van der Waals surface area contributed by atoms with Gasteiger partial charge in [0.05, 0.1) is 23.4 Å². The highest BCUT2D eigenvalue weighted by atomic mass is 127. The van der Waals surface area contributed by atoms with Crippen LogP contribution < -0.4 is 14.4 Å². The molecule has 1 heterocycles. The smallest absolute Gasteiger partial charge is 0.262 e. The third-order valence-electron chi connectivity index (χ3n) is 4.42. The van der Waals surface area contributed by atoms with Gasteiger partial charge in [0.15, 0.2) is 0 Å². The zero-order valence-electron chi connectivity index (χ0n) is 14.8. The van der Waals surface area contributed by atoms with E-state index in [2.05, 4.69) is 44.2 Å². The van der Waals surface area contributed by atoms with Crippen molar-refractivity contribution in [2.24, 2.45) is 0 Å². The molecule has 26 heavy (non-hydrogen) atoms. The summed E-state index contributed by atoms with van der Waals surface area (Å²) in [6.45, 7) is 3.53. The second kappa shape index (κ2) is 8.01. The van der Waals surface area contributed by atoms with E-state index in [0.29, 0.717) is 11.4 Å². The quantitative estimate of drug-likeness (QED) is 0.658. The van der Waals surface area contributed by atoms with E-state index in [1.54, 1.807) is 31.4 Å². The number of sulfonamides is 1. The molecule has 0 saturated carbocycles. The van der Waals surface area contributed by atoms with Crippen LogP contribution in [0.5, 0.6) is 5.75 Å². The van der Waals surface area contributed by atoms with Crippen molar-refractivity contribution in [1.29, 1.82) is 0 Å². The maximum atomic E-state index is 12.9. The van der Waals surface area contributed by atoms with Gasteiger partial charge in [0.25, 0.3) is 10.0 Å². The first-order valence-electron chi connectivity index (χ1n) is 8.29. The molecule has 1 saturated heterocycles. The monoisotopic (exact) mass is 487 g/mol. The average Bonchev–Trinajstić information content (AvgIpc) is 2.63. The minimum Gasteiger partial charge on any atom is -0.495 e. The summed E-state index contributed by atoms with van der Waals surface area (Å²) in [5, 5.41) is 0. The second-order valence-corrected chi connectivity index (χ2v) is 9.05. The topological polar surface area (TPSA) is 61.9 Å². The Morgan fingerprint density at radius 3 is 2.42 bits per heavy atom. The zero-order chi connectivity index (χ0) is 18.7. The number of hydrogen-bond donors (Lipinski definition) is 1. The van der Waals surface area contributed by atoms with Crippen molar-refractivity contribution < 1.29 is 13.2 Å². The number of hydrogen-bond acceptors (Lipinski definition) is 5. The lowest BCUT2D eigenvalue weighted by atomic mass is 10.2. The predicted molar refractivity (Wildman–Crippen MR) is 113 cm³/mol. The molecule has 8 heteroatoms. The van der Waals surface area contributed by atoms with Crippen molar-refractivity contribution >= 4 is 44.0 Å². The largest absolute Gasteiger partial charge is 0.495 e. The molecule has 2 aromatic carbocycles. The number of para-hydroxylation sites is 1. The summed E-state index contributed by atoms with van der Waals surface area (Å²) in [6, 6.07) is 12.3. The fraction of sp³-hybridized carbons (Fsp3) is 0.333. The molecule has 1 aliphatic heterocycles. The summed E-state index contributed by atoms with van der Waals surface area (Å²) >= 11 is 2.12. The van der Waals surface area contributed by atoms with Crippen molar-refractivity contribution in [3.05, 3.63) is 46.0 Å². The molecule has 1 N–H and O–H groups in total. The molecule has 0 atom stereocenters. The molecule has 0 bridgehead atoms. The molecule has 6 nitrogen and oxygen atoms in total. The van der Waals surface area contributed by atoms with Gasteiger partial charge in [-0.25, -0.2) is 8.42 Å². The molecule has 0 radical (unpaired) electrons. The molecule has 1 fully saturated rings. The van der Waals surface area contributed by atoms with Gasteiger partial charge in [-0.2, -0.15) is 0 Å². The van der Waals surface area contributed by atoms with Crippen molar-refractivity contribution in [3.8, 4) is 5.75 Å². The average molecular weight is 487 g/mol. The number of likely N-dealkylation sites (N-methyl/N-ethyl adjacent to an activating group) is 1. The van der Waals surface area contributed by atoms with Crippen molar-refractivity contribution in [2.75, 3.05) is 50.0 Å². The Morgan fingerprint density at radius 1 is 1.08 bits per heavy atom. The third kappa shape index (κ3) is 4.24. The maximum Gasteiger partial charge on any atom is 0.262 e. The Bertz CT molecular complexity index is 881. The Morgan fingerprint density at radius 2 is 1.77 bits per heavy atom. The van der Waals surface area contributed by atoms with Crippen LogP contribution in [0.4, 0.5) is 11.4 Å². The number of anilines is 2. The Kier molecular flexibility index (Phi) is 5.93. The Labute approximate surface area is 168 Å². The van der Waals surface area contributed by atoms with Gasteiger partial charge in [-0.1, -0.05) is 12.1 Å². The molecule has 3 rings (SSSR count). The summed E-state index contributed by atoms with van der Waals surface area (Å²) < 4.78 is 34.7. The minimum absolute atomic E-state index is 0.229. The predicted octanol–water partition coefficient (Wildman–Crippen LogP) is 2.85. The number of ether oxygens (including phenoxy) is 1. The Hall–Kier alpha value is -1.52. The minimum atomic E-state index is -3.68. The maximum absolute atomic E-state index is 12.9. The summed E-state index contributed by atoms with van der Waals surface area (Å²) in [4.78, 5) is 4.65. The van der Waals surface area contributed by atoms with E-state index < -0.39 is 10.0 Å². The number of nitrogens with one attached hydrogen (secondary N) is 1. The van der Waals surface area contributed by atoms with Crippen molar-refractivity contribution in [2.45, 2.75) is 4.90 Å². The standard InChI is InChI=1S/C18H22IN3O3S/c1-21-9-11-22(12-10-21)17-13-14(7-8-18(17)25-2)26(23,24)20-16-6-4-3-5-15(16)19/h3-8,13,20H,9-12H2,1-2H3. The van der Waals surface area contributed by atoms with E-state index in [1.807, 2.05) is 18.2 Å². The molecular formula is C18H22IN3O3S. The number of methoxy groups -OCH3 is 1. The number of nitrogens with zero attached hydrogens (tertiary/aromatic N) is 2. The van der Waals surface area contributed by atoms with E-state index in [-0.39, 0.29) is 4.90 Å². The first-order chi connectivity index (χ1) is 12.4. The first kappa shape index (κ1) is 19.2. The molecule has 0 amide bonds. The molecule has 1 aliphatic rings. The normalized spacial score (nSPS) is 15.7. The highest BCUT2D eigenvalue weighted by Gasteiger charge is 2.22. The van der Waals surface area contributed by atoms with E-state index in [1.165, 1.54) is 0 Å². The van der Waals surface area contributed by atoms with Crippen molar-refractivity contribution in [1.82, 2.24) is 4.90 Å². The second-order valence-electron chi connectivity index (χ2n) is 6.21. The molecular weight excluding hydrogens is 465 g/mol. The SMILES string of the molecule is COc1ccc(S(=O)(=O)Nc2ccccc2I)cc1N1CCN(C)CC1. The van der Waals surface area contributed by atoms with Crippen LogP contribution in [-0.2, 0) is 10.0 Å². The summed E-state index contributed by atoms with van der Waals surface area (Å²) in [5.41, 5.74) is 1.39. The molecule has 140 valence electrons. The van der Waals surface area contributed by atoms with Crippen LogP contribution in [0.1, 0.15) is 0 Å². The Balaban J connectivity index is 1.92. The van der Waals surface area contributed by atoms with Gasteiger partial charge >= 0.3 is 0 Å². The lowest BCUT2D eigenvalue weighted by Crippen LogP contribution is -2.44. The van der Waals surface area contributed by atoms with Gasteiger partial charge in [-0.15, -0.1) is 0 Å². The van der Waals surface area contributed by atoms with E-state index in [0.717, 1.165) is 35.4 Å². The summed E-state index contributed by atoms with van der Waals surface area (Å²) in [7, 11) is 0.00881. The number of rotatable bonds is 5. The number of benzene rings is 2. The van der Waals surface area contributed by atoms with Gasteiger partial charge in [0.2, 0.25) is 0 Å². The van der Waals surface area contributed by atoms with Crippen molar-refractivity contribution in [3.63, 3.8) is 0 Å². The zero-order valence-corrected chi connectivity index (χ0v) is 17.7. The number of halogens is 1. The molecule has 0 spiro atoms. The van der Waals surface area contributed by atoms with Crippen LogP contribution in [0.25, 0.3) is 0 Å². The van der Waals surface area contributed by atoms with Crippen LogP contribution in [-0.4, -0.2) is 53.7 Å². The van der Waals surface area contributed by atoms with Crippen LogP contribution in [0.15, 0.2) is 47.4 Å². The van der Waals surface area contributed by atoms with Gasteiger partial charge in [0, 0.05) is 29.7 Å². The van der Waals surface area contributed by atoms with Gasteiger partial charge < -0.3 is 14.5 Å². The lowest BCUT2D eigenvalue weighted by Gasteiger charge is -2.34. The fourth-order valence-corrected chi connectivity index (χ4v) is 4.68. The van der Waals surface area contributed by atoms with E-state index in [4.69, 9.17) is 4.74 Å². The fourth-order valence-electron chi connectivity index (χ4n) is 2.88. The van der Waals surface area contributed by atoms with Crippen LogP contribution >= 0.6 is 22.6 Å².